The lowest BCUT2D eigenvalue weighted by molar-refractivity contribution is 0.443. The maximum atomic E-state index is 12.4. The summed E-state index contributed by atoms with van der Waals surface area (Å²) in [4.78, 5) is 4.38. The van der Waals surface area contributed by atoms with Crippen molar-refractivity contribution < 1.29 is 8.42 Å². The summed E-state index contributed by atoms with van der Waals surface area (Å²) in [5, 5.41) is 0. The van der Waals surface area contributed by atoms with Crippen molar-refractivity contribution in [1.29, 1.82) is 0 Å². The van der Waals surface area contributed by atoms with Gasteiger partial charge in [0.25, 0.3) is 0 Å². The van der Waals surface area contributed by atoms with Gasteiger partial charge in [-0.15, -0.1) is 0 Å². The van der Waals surface area contributed by atoms with E-state index in [4.69, 9.17) is 0 Å². The van der Waals surface area contributed by atoms with Crippen LogP contribution in [-0.2, 0) is 16.4 Å². The largest absolute Gasteiger partial charge is 0.264 e. The second-order valence-corrected chi connectivity index (χ2v) is 8.18. The maximum absolute atomic E-state index is 12.4. The van der Waals surface area contributed by atoms with Crippen LogP contribution >= 0.6 is 0 Å². The summed E-state index contributed by atoms with van der Waals surface area (Å²) in [6, 6.07) is 11.2. The molecule has 1 aliphatic rings. The van der Waals surface area contributed by atoms with Gasteiger partial charge < -0.3 is 0 Å². The third-order valence-electron chi connectivity index (χ3n) is 4.70. The molecule has 0 bridgehead atoms. The van der Waals surface area contributed by atoms with Crippen molar-refractivity contribution in [1.82, 2.24) is 9.71 Å². The summed E-state index contributed by atoms with van der Waals surface area (Å²) in [6.45, 7) is 0.373. The molecule has 4 nitrogen and oxygen atoms in total. The lowest BCUT2D eigenvalue weighted by atomic mass is 9.84. The predicted molar refractivity (Wildman–Crippen MR) is 95.4 cm³/mol. The number of aromatic nitrogens is 1. The van der Waals surface area contributed by atoms with Crippen LogP contribution in [0.15, 0.2) is 53.7 Å². The topological polar surface area (TPSA) is 59.1 Å². The van der Waals surface area contributed by atoms with Gasteiger partial charge in [-0.05, 0) is 54.5 Å². The summed E-state index contributed by atoms with van der Waals surface area (Å²) in [5.41, 5.74) is 2.29. The zero-order valence-corrected chi connectivity index (χ0v) is 14.6. The molecule has 1 fully saturated rings. The van der Waals surface area contributed by atoms with Gasteiger partial charge in [-0.2, -0.15) is 0 Å². The molecule has 0 amide bonds. The Morgan fingerprint density at radius 3 is 2.46 bits per heavy atom. The molecule has 0 saturated heterocycles. The van der Waals surface area contributed by atoms with Gasteiger partial charge in [-0.3, -0.25) is 4.98 Å². The predicted octanol–water partition coefficient (Wildman–Crippen LogP) is 3.65. The van der Waals surface area contributed by atoms with Crippen LogP contribution in [0.2, 0.25) is 0 Å². The monoisotopic (exact) mass is 344 g/mol. The van der Waals surface area contributed by atoms with Crippen molar-refractivity contribution >= 4 is 10.0 Å². The Hall–Kier alpha value is -1.72. The molecule has 1 saturated carbocycles. The Labute approximate surface area is 144 Å². The number of hydrogen-bond acceptors (Lipinski definition) is 3. The number of pyridine rings is 1. The van der Waals surface area contributed by atoms with Gasteiger partial charge >= 0.3 is 0 Å². The van der Waals surface area contributed by atoms with Crippen molar-refractivity contribution in [3.63, 3.8) is 0 Å². The molecular weight excluding hydrogens is 320 g/mol. The molecule has 1 N–H and O–H groups in total. The number of benzene rings is 1. The van der Waals surface area contributed by atoms with E-state index in [0.29, 0.717) is 23.8 Å². The van der Waals surface area contributed by atoms with Crippen molar-refractivity contribution in [3.05, 3.63) is 59.9 Å². The molecule has 3 rings (SSSR count). The summed E-state index contributed by atoms with van der Waals surface area (Å²) in [6.07, 6.45) is 10.4. The van der Waals surface area contributed by atoms with E-state index in [1.165, 1.54) is 37.7 Å². The van der Waals surface area contributed by atoms with E-state index >= 15 is 0 Å². The Morgan fingerprint density at radius 2 is 1.79 bits per heavy atom. The van der Waals surface area contributed by atoms with Crippen LogP contribution in [0.4, 0.5) is 0 Å². The van der Waals surface area contributed by atoms with Gasteiger partial charge in [-0.25, -0.2) is 13.1 Å². The molecular formula is C19H24N2O2S. The highest BCUT2D eigenvalue weighted by atomic mass is 32.2. The highest BCUT2D eigenvalue weighted by Crippen LogP contribution is 2.32. The lowest BCUT2D eigenvalue weighted by Crippen LogP contribution is -2.26. The molecule has 128 valence electrons. The number of nitrogens with one attached hydrogen (secondary N) is 1. The highest BCUT2D eigenvalue weighted by Gasteiger charge is 2.17. The zero-order chi connectivity index (χ0) is 16.8. The smallest absolute Gasteiger partial charge is 0.240 e. The Balaban J connectivity index is 1.59. The Kier molecular flexibility index (Phi) is 5.63. The molecule has 0 aliphatic heterocycles. The molecule has 2 aromatic rings. The maximum Gasteiger partial charge on any atom is 0.240 e. The molecule has 0 atom stereocenters. The number of sulfonamides is 1. The van der Waals surface area contributed by atoms with Crippen molar-refractivity contribution in [2.24, 2.45) is 0 Å². The molecule has 1 aromatic heterocycles. The molecule has 24 heavy (non-hydrogen) atoms. The molecule has 1 heterocycles. The summed E-state index contributed by atoms with van der Waals surface area (Å²) in [7, 11) is -3.45. The summed E-state index contributed by atoms with van der Waals surface area (Å²) >= 11 is 0. The highest BCUT2D eigenvalue weighted by molar-refractivity contribution is 7.89. The van der Waals surface area contributed by atoms with Crippen LogP contribution in [0.25, 0.3) is 0 Å². The first kappa shape index (κ1) is 17.1. The molecule has 0 unspecified atom stereocenters. The number of hydrogen-bond donors (Lipinski definition) is 1. The molecule has 1 aromatic carbocycles. The van der Waals surface area contributed by atoms with Crippen LogP contribution in [0.1, 0.15) is 49.1 Å². The van der Waals surface area contributed by atoms with Crippen LogP contribution < -0.4 is 4.72 Å². The summed E-state index contributed by atoms with van der Waals surface area (Å²) in [5.74, 6) is 0.592. The van der Waals surface area contributed by atoms with Gasteiger partial charge in [0.2, 0.25) is 10.0 Å². The van der Waals surface area contributed by atoms with E-state index < -0.39 is 10.0 Å². The van der Waals surface area contributed by atoms with E-state index in [0.717, 1.165) is 5.56 Å². The second kappa shape index (κ2) is 7.90. The number of nitrogens with zero attached hydrogens (tertiary/aromatic N) is 1. The van der Waals surface area contributed by atoms with Crippen LogP contribution in [0.3, 0.4) is 0 Å². The second-order valence-electron chi connectivity index (χ2n) is 6.41. The Bertz CT molecular complexity index is 737. The Morgan fingerprint density at radius 1 is 1.04 bits per heavy atom. The van der Waals surface area contributed by atoms with Gasteiger partial charge in [0.05, 0.1) is 4.90 Å². The first-order valence-electron chi connectivity index (χ1n) is 8.64. The van der Waals surface area contributed by atoms with E-state index in [-0.39, 0.29) is 0 Å². The fraction of sp³-hybridized carbons (Fsp3) is 0.421. The third-order valence-corrected chi connectivity index (χ3v) is 6.17. The molecule has 0 spiro atoms. The third kappa shape index (κ3) is 4.42. The lowest BCUT2D eigenvalue weighted by Gasteiger charge is -2.22. The van der Waals surface area contributed by atoms with Crippen molar-refractivity contribution in [2.45, 2.75) is 49.3 Å². The van der Waals surface area contributed by atoms with Crippen LogP contribution in [0, 0.1) is 0 Å². The average molecular weight is 344 g/mol. The van der Waals surface area contributed by atoms with E-state index in [1.54, 1.807) is 24.5 Å². The van der Waals surface area contributed by atoms with Gasteiger partial charge in [-0.1, -0.05) is 37.5 Å². The average Bonchev–Trinajstić information content (AvgIpc) is 2.63. The zero-order valence-electron chi connectivity index (χ0n) is 13.8. The van der Waals surface area contributed by atoms with Crippen molar-refractivity contribution in [3.8, 4) is 0 Å². The molecule has 0 radical (unpaired) electrons. The molecule has 1 aliphatic carbocycles. The van der Waals surface area contributed by atoms with Crippen LogP contribution in [0.5, 0.6) is 0 Å². The van der Waals surface area contributed by atoms with Gasteiger partial charge in [0.15, 0.2) is 0 Å². The van der Waals surface area contributed by atoms with E-state index in [2.05, 4.69) is 9.71 Å². The fourth-order valence-electron chi connectivity index (χ4n) is 3.31. The minimum Gasteiger partial charge on any atom is -0.264 e. The van der Waals surface area contributed by atoms with Gasteiger partial charge in [0.1, 0.15) is 0 Å². The van der Waals surface area contributed by atoms with Crippen molar-refractivity contribution in [2.75, 3.05) is 6.54 Å². The quantitative estimate of drug-likeness (QED) is 0.870. The van der Waals surface area contributed by atoms with E-state index in [1.807, 2.05) is 24.3 Å². The van der Waals surface area contributed by atoms with Gasteiger partial charge in [0, 0.05) is 18.9 Å². The summed E-state index contributed by atoms with van der Waals surface area (Å²) < 4.78 is 27.4. The normalized spacial score (nSPS) is 16.2. The minimum atomic E-state index is -3.45. The van der Waals surface area contributed by atoms with Crippen LogP contribution in [-0.4, -0.2) is 19.9 Å². The first-order valence-corrected chi connectivity index (χ1v) is 10.1. The van der Waals surface area contributed by atoms with E-state index in [9.17, 15) is 8.42 Å². The minimum absolute atomic E-state index is 0.341. The molecule has 5 heteroatoms. The first-order chi connectivity index (χ1) is 11.6. The standard InChI is InChI=1S/C19H24N2O2S/c22-24(23,21-14-12-16-5-4-13-20-15-16)19-10-8-18(9-11-19)17-6-2-1-3-7-17/h4-5,8-11,13,15,17,21H,1-3,6-7,12,14H2. The SMILES string of the molecule is O=S(=O)(NCCc1cccnc1)c1ccc(C2CCCCC2)cc1. The number of rotatable bonds is 6. The fourth-order valence-corrected chi connectivity index (χ4v) is 4.35.